The minimum Gasteiger partial charge on any atom is -0.368 e. The van der Waals surface area contributed by atoms with Crippen LogP contribution in [0.25, 0.3) is 0 Å². The fraction of sp³-hybridized carbons (Fsp3) is 0.478. The Morgan fingerprint density at radius 2 is 1.50 bits per heavy atom. The summed E-state index contributed by atoms with van der Waals surface area (Å²) in [6, 6.07) is 21.8. The largest absolute Gasteiger partial charge is 0.368 e. The van der Waals surface area contributed by atoms with E-state index in [1.165, 1.54) is 36.8 Å². The summed E-state index contributed by atoms with van der Waals surface area (Å²) in [6.45, 7) is 2.34. The molecule has 2 nitrogen and oxygen atoms in total. The lowest BCUT2D eigenvalue weighted by Gasteiger charge is -2.44. The van der Waals surface area contributed by atoms with Gasteiger partial charge in [0.2, 0.25) is 0 Å². The second kappa shape index (κ2) is 9.68. The van der Waals surface area contributed by atoms with E-state index in [0.717, 1.165) is 5.92 Å². The van der Waals surface area contributed by atoms with Gasteiger partial charge in [0, 0.05) is 19.1 Å². The van der Waals surface area contributed by atoms with Crippen LogP contribution in [0.3, 0.4) is 0 Å². The predicted octanol–water partition coefficient (Wildman–Crippen LogP) is 5.57. The van der Waals surface area contributed by atoms with Crippen LogP contribution in [0.2, 0.25) is 0 Å². The Hall–Kier alpha value is -1.16. The summed E-state index contributed by atoms with van der Waals surface area (Å²) in [5.74, 6) is 1.17. The third kappa shape index (κ3) is 4.05. The van der Waals surface area contributed by atoms with Crippen LogP contribution in [0.5, 0.6) is 0 Å². The van der Waals surface area contributed by atoms with E-state index in [-0.39, 0.29) is 17.0 Å². The molecule has 1 aliphatic carbocycles. The van der Waals surface area contributed by atoms with Crippen molar-refractivity contribution in [2.24, 2.45) is 11.8 Å². The van der Waals surface area contributed by atoms with Gasteiger partial charge in [-0.1, -0.05) is 86.8 Å². The van der Waals surface area contributed by atoms with Gasteiger partial charge in [0.05, 0.1) is 0 Å². The molecule has 142 valence electrons. The van der Waals surface area contributed by atoms with E-state index in [0.29, 0.717) is 12.0 Å². The second-order valence-corrected chi connectivity index (χ2v) is 7.39. The third-order valence-electron chi connectivity index (χ3n) is 6.15. The highest BCUT2D eigenvalue weighted by atomic mass is 79.9. The van der Waals surface area contributed by atoms with Crippen LogP contribution in [0.4, 0.5) is 0 Å². The van der Waals surface area contributed by atoms with E-state index in [2.05, 4.69) is 80.0 Å². The zero-order chi connectivity index (χ0) is 17.7. The van der Waals surface area contributed by atoms with Crippen molar-refractivity contribution >= 4 is 17.0 Å². The lowest BCUT2D eigenvalue weighted by atomic mass is 9.70. The molecule has 0 aromatic heterocycles. The highest BCUT2D eigenvalue weighted by Gasteiger charge is 2.44. The Balaban J connectivity index is 0.00000243. The molecule has 1 N–H and O–H groups in total. The SMILES string of the molecule is Br.CNC(CC1CCC1)C(C)C(OC)(c1ccccc1)c1ccccc1. The van der Waals surface area contributed by atoms with Crippen LogP contribution in [0.15, 0.2) is 60.7 Å². The van der Waals surface area contributed by atoms with Crippen LogP contribution in [-0.4, -0.2) is 20.2 Å². The number of methoxy groups -OCH3 is 1. The molecule has 3 heteroatoms. The molecule has 1 saturated carbocycles. The molecule has 0 spiro atoms. The minimum absolute atomic E-state index is 0. The average molecular weight is 418 g/mol. The van der Waals surface area contributed by atoms with Gasteiger partial charge < -0.3 is 10.1 Å². The summed E-state index contributed by atoms with van der Waals surface area (Å²) in [5.41, 5.74) is 2.01. The zero-order valence-electron chi connectivity index (χ0n) is 16.2. The van der Waals surface area contributed by atoms with Gasteiger partial charge >= 0.3 is 0 Å². The van der Waals surface area contributed by atoms with Gasteiger partial charge in [0.1, 0.15) is 5.60 Å². The zero-order valence-corrected chi connectivity index (χ0v) is 17.9. The number of hydrogen-bond acceptors (Lipinski definition) is 2. The highest BCUT2D eigenvalue weighted by molar-refractivity contribution is 8.93. The summed E-state index contributed by atoms with van der Waals surface area (Å²) >= 11 is 0. The molecule has 0 amide bonds. The van der Waals surface area contributed by atoms with Gasteiger partial charge in [-0.05, 0) is 30.5 Å². The quantitative estimate of drug-likeness (QED) is 0.605. The Bertz CT molecular complexity index is 602. The highest BCUT2D eigenvalue weighted by Crippen LogP contribution is 2.43. The van der Waals surface area contributed by atoms with Gasteiger partial charge in [0.25, 0.3) is 0 Å². The first-order valence-electron chi connectivity index (χ1n) is 9.55. The van der Waals surface area contributed by atoms with E-state index >= 15 is 0 Å². The lowest BCUT2D eigenvalue weighted by molar-refractivity contribution is -0.0393. The number of ether oxygens (including phenoxy) is 1. The summed E-state index contributed by atoms with van der Waals surface area (Å²) in [4.78, 5) is 0. The molecule has 2 unspecified atom stereocenters. The molecule has 2 atom stereocenters. The first-order chi connectivity index (χ1) is 12.2. The first-order valence-corrected chi connectivity index (χ1v) is 9.55. The predicted molar refractivity (Wildman–Crippen MR) is 115 cm³/mol. The van der Waals surface area contributed by atoms with E-state index in [1.54, 1.807) is 0 Å². The van der Waals surface area contributed by atoms with Crippen LogP contribution in [-0.2, 0) is 10.3 Å². The van der Waals surface area contributed by atoms with Gasteiger partial charge in [-0.3, -0.25) is 0 Å². The fourth-order valence-electron chi connectivity index (χ4n) is 4.43. The summed E-state index contributed by atoms with van der Waals surface area (Å²) in [7, 11) is 3.95. The Morgan fingerprint density at radius 3 is 1.85 bits per heavy atom. The van der Waals surface area contributed by atoms with E-state index < -0.39 is 5.60 Å². The molecule has 0 bridgehead atoms. The van der Waals surface area contributed by atoms with Crippen LogP contribution in [0, 0.1) is 11.8 Å². The Labute approximate surface area is 169 Å². The summed E-state index contributed by atoms with van der Waals surface area (Å²) < 4.78 is 6.35. The molecule has 0 saturated heterocycles. The van der Waals surface area contributed by atoms with Crippen molar-refractivity contribution in [3.63, 3.8) is 0 Å². The van der Waals surface area contributed by atoms with Crippen molar-refractivity contribution in [2.75, 3.05) is 14.2 Å². The fourth-order valence-corrected chi connectivity index (χ4v) is 4.43. The van der Waals surface area contributed by atoms with Crippen molar-refractivity contribution < 1.29 is 4.74 Å². The maximum absolute atomic E-state index is 6.35. The van der Waals surface area contributed by atoms with Gasteiger partial charge in [-0.2, -0.15) is 0 Å². The van der Waals surface area contributed by atoms with Crippen molar-refractivity contribution in [2.45, 2.75) is 44.2 Å². The molecule has 0 radical (unpaired) electrons. The van der Waals surface area contributed by atoms with E-state index in [4.69, 9.17) is 4.74 Å². The number of rotatable bonds is 8. The number of halogens is 1. The normalized spacial score (nSPS) is 17.0. The van der Waals surface area contributed by atoms with Crippen LogP contribution < -0.4 is 5.32 Å². The Morgan fingerprint density at radius 1 is 1.00 bits per heavy atom. The smallest absolute Gasteiger partial charge is 0.122 e. The topological polar surface area (TPSA) is 21.3 Å². The van der Waals surface area contributed by atoms with Crippen molar-refractivity contribution in [1.29, 1.82) is 0 Å². The van der Waals surface area contributed by atoms with Gasteiger partial charge in [-0.15, -0.1) is 17.0 Å². The molecular formula is C23H32BrNO. The number of nitrogens with one attached hydrogen (secondary N) is 1. The molecule has 3 rings (SSSR count). The molecule has 0 aliphatic heterocycles. The lowest BCUT2D eigenvalue weighted by Crippen LogP contribution is -2.48. The number of hydrogen-bond donors (Lipinski definition) is 1. The number of benzene rings is 2. The summed E-state index contributed by atoms with van der Waals surface area (Å²) in [5, 5.41) is 3.60. The van der Waals surface area contributed by atoms with Crippen LogP contribution >= 0.6 is 17.0 Å². The first kappa shape index (κ1) is 21.1. The standard InChI is InChI=1S/C23H31NO.BrH/c1-18(22(24-2)17-19-11-10-12-19)23(25-3,20-13-6-4-7-14-20)21-15-8-5-9-16-21;/h4-9,13-16,18-19,22,24H,10-12,17H2,1-3H3;1H. The second-order valence-electron chi connectivity index (χ2n) is 7.39. The summed E-state index contributed by atoms with van der Waals surface area (Å²) in [6.07, 6.45) is 5.37. The molecule has 2 aromatic carbocycles. The van der Waals surface area contributed by atoms with E-state index in [1.807, 2.05) is 7.11 Å². The van der Waals surface area contributed by atoms with Gasteiger partial charge in [0.15, 0.2) is 0 Å². The van der Waals surface area contributed by atoms with Crippen molar-refractivity contribution in [1.82, 2.24) is 5.32 Å². The maximum Gasteiger partial charge on any atom is 0.122 e. The van der Waals surface area contributed by atoms with Crippen molar-refractivity contribution in [3.05, 3.63) is 71.8 Å². The van der Waals surface area contributed by atoms with Crippen molar-refractivity contribution in [3.8, 4) is 0 Å². The third-order valence-corrected chi connectivity index (χ3v) is 6.15. The van der Waals surface area contributed by atoms with Crippen LogP contribution in [0.1, 0.15) is 43.7 Å². The molecule has 1 fully saturated rings. The Kier molecular flexibility index (Phi) is 7.87. The molecule has 26 heavy (non-hydrogen) atoms. The minimum atomic E-state index is -0.445. The maximum atomic E-state index is 6.35. The molecule has 2 aromatic rings. The molecule has 1 aliphatic rings. The monoisotopic (exact) mass is 417 g/mol. The molecule has 0 heterocycles. The molecular weight excluding hydrogens is 386 g/mol. The van der Waals surface area contributed by atoms with Gasteiger partial charge in [-0.25, -0.2) is 0 Å². The average Bonchev–Trinajstić information content (AvgIpc) is 2.64. The van der Waals surface area contributed by atoms with E-state index in [9.17, 15) is 0 Å².